The number of hydrogen-bond acceptors (Lipinski definition) is 5. The number of aryl methyl sites for hydroxylation is 1. The van der Waals surface area contributed by atoms with Crippen LogP contribution in [0.3, 0.4) is 0 Å². The molecule has 2 atom stereocenters. The molecule has 1 spiro atoms. The number of anilines is 1. The number of nitriles is 1. The van der Waals surface area contributed by atoms with Crippen LogP contribution in [-0.2, 0) is 12.8 Å². The Morgan fingerprint density at radius 1 is 1.21 bits per heavy atom. The normalized spacial score (nSPS) is 22.4. The summed E-state index contributed by atoms with van der Waals surface area (Å²) < 4.78 is 30.1. The topological polar surface area (TPSA) is 78.8 Å². The SMILES string of the molecule is CCc1cc(F)c(F)c2c1Cc1ncc(-c3cncc(C#N)c3)c(N3CCC4(CCC4N)C3)c1-2. The summed E-state index contributed by atoms with van der Waals surface area (Å²) in [4.78, 5) is 11.2. The molecule has 2 aliphatic carbocycles. The van der Waals surface area contributed by atoms with Gasteiger partial charge >= 0.3 is 0 Å². The number of aromatic nitrogens is 2. The Kier molecular flexibility index (Phi) is 4.72. The molecule has 0 bridgehead atoms. The second kappa shape index (κ2) is 7.57. The first-order valence-corrected chi connectivity index (χ1v) is 11.8. The van der Waals surface area contributed by atoms with Crippen molar-refractivity contribution in [3.05, 3.63) is 64.7 Å². The minimum atomic E-state index is -0.827. The molecule has 2 N–H and O–H groups in total. The Hall–Kier alpha value is -3.37. The maximum absolute atomic E-state index is 15.4. The number of halogens is 2. The highest BCUT2D eigenvalue weighted by Crippen LogP contribution is 2.53. The number of hydrogen-bond donors (Lipinski definition) is 1. The quantitative estimate of drug-likeness (QED) is 0.481. The Labute approximate surface area is 197 Å². The van der Waals surface area contributed by atoms with Crippen LogP contribution in [-0.4, -0.2) is 29.1 Å². The minimum Gasteiger partial charge on any atom is -0.370 e. The molecule has 3 heterocycles. The van der Waals surface area contributed by atoms with Gasteiger partial charge in [-0.1, -0.05) is 6.92 Å². The fourth-order valence-corrected chi connectivity index (χ4v) is 6.10. The Morgan fingerprint density at radius 3 is 2.74 bits per heavy atom. The van der Waals surface area contributed by atoms with Crippen LogP contribution in [0, 0.1) is 28.4 Å². The lowest BCUT2D eigenvalue weighted by molar-refractivity contribution is 0.122. The zero-order valence-electron chi connectivity index (χ0n) is 19.0. The molecule has 2 fully saturated rings. The maximum atomic E-state index is 15.4. The molecular weight excluding hydrogens is 432 g/mol. The molecule has 3 aliphatic rings. The predicted molar refractivity (Wildman–Crippen MR) is 126 cm³/mol. The largest absolute Gasteiger partial charge is 0.370 e. The van der Waals surface area contributed by atoms with Gasteiger partial charge in [-0.15, -0.1) is 0 Å². The van der Waals surface area contributed by atoms with Gasteiger partial charge in [0, 0.05) is 71.8 Å². The second-order valence-corrected chi connectivity index (χ2v) is 9.81. The fourth-order valence-electron chi connectivity index (χ4n) is 6.10. The summed E-state index contributed by atoms with van der Waals surface area (Å²) in [6, 6.07) is 5.39. The summed E-state index contributed by atoms with van der Waals surface area (Å²) >= 11 is 0. The van der Waals surface area contributed by atoms with E-state index in [2.05, 4.69) is 16.0 Å². The zero-order chi connectivity index (χ0) is 23.6. The highest BCUT2D eigenvalue weighted by Gasteiger charge is 2.50. The van der Waals surface area contributed by atoms with Gasteiger partial charge in [-0.05, 0) is 48.9 Å². The van der Waals surface area contributed by atoms with Crippen LogP contribution in [0.25, 0.3) is 22.3 Å². The summed E-state index contributed by atoms with van der Waals surface area (Å²) in [6.07, 6.45) is 9.18. The molecule has 1 saturated carbocycles. The number of benzene rings is 1. The number of rotatable bonds is 3. The summed E-state index contributed by atoms with van der Waals surface area (Å²) in [5.74, 6) is -1.64. The van der Waals surface area contributed by atoms with Crippen LogP contribution >= 0.6 is 0 Å². The fraction of sp³-hybridized carbons (Fsp3) is 0.370. The first-order valence-electron chi connectivity index (χ1n) is 11.8. The molecule has 0 radical (unpaired) electrons. The molecule has 172 valence electrons. The van der Waals surface area contributed by atoms with E-state index in [1.54, 1.807) is 18.5 Å². The van der Waals surface area contributed by atoms with Crippen LogP contribution in [0.15, 0.2) is 30.7 Å². The lowest BCUT2D eigenvalue weighted by Crippen LogP contribution is -2.52. The second-order valence-electron chi connectivity index (χ2n) is 9.81. The van der Waals surface area contributed by atoms with Crippen molar-refractivity contribution in [1.29, 1.82) is 5.26 Å². The van der Waals surface area contributed by atoms with Gasteiger partial charge in [0.1, 0.15) is 6.07 Å². The Balaban J connectivity index is 1.61. The summed E-state index contributed by atoms with van der Waals surface area (Å²) in [6.45, 7) is 3.52. The molecule has 0 amide bonds. The molecule has 2 unspecified atom stereocenters. The Bertz CT molecular complexity index is 1380. The standard InChI is InChI=1S/C27H25F2N5/c1-2-16-8-20(28)25(29)23-18(16)9-21-24(23)26(34-6-5-27(14-34)4-3-22(27)31)19(13-33-21)17-7-15(10-30)11-32-12-17/h7-8,11-13,22H,2-6,9,14,31H2,1H3. The van der Waals surface area contributed by atoms with Crippen molar-refractivity contribution in [2.75, 3.05) is 18.0 Å². The van der Waals surface area contributed by atoms with Crippen molar-refractivity contribution < 1.29 is 8.78 Å². The van der Waals surface area contributed by atoms with Crippen molar-refractivity contribution in [1.82, 2.24) is 9.97 Å². The smallest absolute Gasteiger partial charge is 0.167 e. The van der Waals surface area contributed by atoms with Gasteiger partial charge in [0.25, 0.3) is 0 Å². The van der Waals surface area contributed by atoms with E-state index in [9.17, 15) is 9.65 Å². The average Bonchev–Trinajstić information content (AvgIpc) is 3.49. The Morgan fingerprint density at radius 2 is 2.06 bits per heavy atom. The number of pyridine rings is 2. The maximum Gasteiger partial charge on any atom is 0.167 e. The van der Waals surface area contributed by atoms with Crippen molar-refractivity contribution in [2.45, 2.75) is 45.1 Å². The summed E-state index contributed by atoms with van der Waals surface area (Å²) in [7, 11) is 0. The first-order chi connectivity index (χ1) is 16.5. The molecule has 5 nitrogen and oxygen atoms in total. The van der Waals surface area contributed by atoms with Gasteiger partial charge < -0.3 is 10.6 Å². The zero-order valence-corrected chi connectivity index (χ0v) is 19.0. The van der Waals surface area contributed by atoms with E-state index in [0.29, 0.717) is 29.5 Å². The van der Waals surface area contributed by atoms with Gasteiger partial charge in [-0.25, -0.2) is 8.78 Å². The van der Waals surface area contributed by atoms with Gasteiger partial charge in [0.2, 0.25) is 0 Å². The third kappa shape index (κ3) is 2.91. The van der Waals surface area contributed by atoms with Crippen LogP contribution in [0.2, 0.25) is 0 Å². The molecule has 6 rings (SSSR count). The molecule has 1 saturated heterocycles. The van der Waals surface area contributed by atoms with Gasteiger partial charge in [-0.2, -0.15) is 5.26 Å². The third-order valence-electron chi connectivity index (χ3n) is 8.14. The average molecular weight is 458 g/mol. The van der Waals surface area contributed by atoms with E-state index in [0.717, 1.165) is 66.0 Å². The molecule has 1 aromatic carbocycles. The van der Waals surface area contributed by atoms with Crippen LogP contribution in [0.5, 0.6) is 0 Å². The molecular formula is C27H25F2N5. The summed E-state index contributed by atoms with van der Waals surface area (Å²) in [5.41, 5.74) is 12.7. The van der Waals surface area contributed by atoms with Crippen molar-refractivity contribution in [3.63, 3.8) is 0 Å². The lowest BCUT2D eigenvalue weighted by atomic mass is 9.64. The molecule has 34 heavy (non-hydrogen) atoms. The van der Waals surface area contributed by atoms with Crippen molar-refractivity contribution in [3.8, 4) is 28.3 Å². The first kappa shape index (κ1) is 21.2. The highest BCUT2D eigenvalue weighted by atomic mass is 19.2. The van der Waals surface area contributed by atoms with E-state index in [-0.39, 0.29) is 11.5 Å². The number of nitrogens with two attached hydrogens (primary N) is 1. The molecule has 3 aromatic rings. The van der Waals surface area contributed by atoms with E-state index >= 15 is 4.39 Å². The third-order valence-corrected chi connectivity index (χ3v) is 8.14. The van der Waals surface area contributed by atoms with E-state index < -0.39 is 11.6 Å². The molecule has 2 aromatic heterocycles. The van der Waals surface area contributed by atoms with E-state index in [1.165, 1.54) is 12.3 Å². The van der Waals surface area contributed by atoms with E-state index in [1.807, 2.05) is 6.92 Å². The van der Waals surface area contributed by atoms with Gasteiger partial charge in [-0.3, -0.25) is 9.97 Å². The number of fused-ring (bicyclic) bond motifs is 3. The molecule has 1 aliphatic heterocycles. The number of nitrogens with zero attached hydrogens (tertiary/aromatic N) is 4. The van der Waals surface area contributed by atoms with Crippen LogP contribution in [0.4, 0.5) is 14.5 Å². The summed E-state index contributed by atoms with van der Waals surface area (Å²) in [5, 5.41) is 9.42. The van der Waals surface area contributed by atoms with Crippen LogP contribution < -0.4 is 10.6 Å². The predicted octanol–water partition coefficient (Wildman–Crippen LogP) is 4.74. The highest BCUT2D eigenvalue weighted by molar-refractivity contribution is 5.95. The van der Waals surface area contributed by atoms with Crippen molar-refractivity contribution in [2.24, 2.45) is 11.1 Å². The monoisotopic (exact) mass is 457 g/mol. The van der Waals surface area contributed by atoms with Crippen LogP contribution in [0.1, 0.15) is 48.6 Å². The molecule has 7 heteroatoms. The van der Waals surface area contributed by atoms with Gasteiger partial charge in [0.15, 0.2) is 11.6 Å². The van der Waals surface area contributed by atoms with Crippen molar-refractivity contribution >= 4 is 5.69 Å². The lowest BCUT2D eigenvalue weighted by Gasteiger charge is -2.45. The van der Waals surface area contributed by atoms with E-state index in [4.69, 9.17) is 10.7 Å². The van der Waals surface area contributed by atoms with Gasteiger partial charge in [0.05, 0.1) is 16.9 Å². The minimum absolute atomic E-state index is 0.0661.